The molecule has 0 aliphatic rings. The van der Waals surface area contributed by atoms with E-state index in [9.17, 15) is 9.90 Å². The summed E-state index contributed by atoms with van der Waals surface area (Å²) in [5, 5.41) is 10.2. The molecule has 0 heterocycles. The molecule has 17 heavy (non-hydrogen) atoms. The van der Waals surface area contributed by atoms with Crippen LogP contribution in [0.4, 0.5) is 0 Å². The molecule has 0 saturated heterocycles. The van der Waals surface area contributed by atoms with Crippen LogP contribution in [0.2, 0.25) is 10.0 Å². The van der Waals surface area contributed by atoms with Gasteiger partial charge in [0, 0.05) is 16.6 Å². The number of phenolic OH excluding ortho intramolecular Hbond substituents is 1. The number of benzene rings is 1. The number of rotatable bonds is 3. The van der Waals surface area contributed by atoms with E-state index in [1.165, 1.54) is 19.2 Å². The fourth-order valence-corrected chi connectivity index (χ4v) is 1.93. The van der Waals surface area contributed by atoms with Crippen molar-refractivity contribution in [3.63, 3.8) is 0 Å². The van der Waals surface area contributed by atoms with Gasteiger partial charge in [0.05, 0.1) is 18.6 Å². The van der Waals surface area contributed by atoms with Crippen molar-refractivity contribution in [3.8, 4) is 5.75 Å². The molecule has 7 heteroatoms. The summed E-state index contributed by atoms with van der Waals surface area (Å²) in [7, 11) is 1.26. The molecule has 0 fully saturated rings. The SMILES string of the molecule is COC(=O)C[C@@H](N)c1c(O)cc(Cl)cc1Cl.Cl. The molecule has 1 atom stereocenters. The van der Waals surface area contributed by atoms with Crippen LogP contribution in [0, 0.1) is 0 Å². The normalized spacial score (nSPS) is 11.5. The van der Waals surface area contributed by atoms with Gasteiger partial charge in [0.2, 0.25) is 0 Å². The number of halogens is 3. The highest BCUT2D eigenvalue weighted by molar-refractivity contribution is 6.35. The van der Waals surface area contributed by atoms with Gasteiger partial charge in [-0.25, -0.2) is 0 Å². The lowest BCUT2D eigenvalue weighted by Crippen LogP contribution is -2.16. The van der Waals surface area contributed by atoms with E-state index in [1.807, 2.05) is 0 Å². The Kier molecular flexibility index (Phi) is 6.64. The van der Waals surface area contributed by atoms with Crippen molar-refractivity contribution in [2.45, 2.75) is 12.5 Å². The summed E-state index contributed by atoms with van der Waals surface area (Å²) in [6.07, 6.45) is -0.0641. The Morgan fingerprint density at radius 2 is 2.12 bits per heavy atom. The quantitative estimate of drug-likeness (QED) is 0.842. The van der Waals surface area contributed by atoms with Crippen LogP contribution in [0.1, 0.15) is 18.0 Å². The molecule has 1 rings (SSSR count). The van der Waals surface area contributed by atoms with Gasteiger partial charge in [-0.2, -0.15) is 0 Å². The number of aromatic hydroxyl groups is 1. The van der Waals surface area contributed by atoms with E-state index < -0.39 is 12.0 Å². The molecule has 1 aromatic carbocycles. The molecule has 0 bridgehead atoms. The maximum Gasteiger partial charge on any atom is 0.307 e. The summed E-state index contributed by atoms with van der Waals surface area (Å²) in [6, 6.07) is 2.05. The van der Waals surface area contributed by atoms with Gasteiger partial charge in [-0.05, 0) is 12.1 Å². The van der Waals surface area contributed by atoms with Crippen molar-refractivity contribution in [1.82, 2.24) is 0 Å². The molecule has 4 nitrogen and oxygen atoms in total. The smallest absolute Gasteiger partial charge is 0.307 e. The van der Waals surface area contributed by atoms with Crippen molar-refractivity contribution in [2.75, 3.05) is 7.11 Å². The zero-order valence-corrected chi connectivity index (χ0v) is 11.3. The second kappa shape index (κ2) is 6.91. The molecule has 0 aromatic heterocycles. The molecule has 1 aromatic rings. The van der Waals surface area contributed by atoms with Gasteiger partial charge < -0.3 is 15.6 Å². The van der Waals surface area contributed by atoms with Crippen molar-refractivity contribution >= 4 is 41.6 Å². The Labute approximate surface area is 115 Å². The minimum Gasteiger partial charge on any atom is -0.508 e. The van der Waals surface area contributed by atoms with Crippen LogP contribution in [-0.4, -0.2) is 18.2 Å². The molecule has 0 unspecified atom stereocenters. The van der Waals surface area contributed by atoms with E-state index in [1.54, 1.807) is 0 Å². The zero-order valence-electron chi connectivity index (χ0n) is 8.94. The lowest BCUT2D eigenvalue weighted by Gasteiger charge is -2.14. The Balaban J connectivity index is 0.00000256. The summed E-state index contributed by atoms with van der Waals surface area (Å²) in [5.41, 5.74) is 6.02. The van der Waals surface area contributed by atoms with Gasteiger partial charge in [0.1, 0.15) is 5.75 Å². The predicted octanol–water partition coefficient (Wildman–Crippen LogP) is 2.68. The Hall–Kier alpha value is -0.680. The van der Waals surface area contributed by atoms with Gasteiger partial charge >= 0.3 is 5.97 Å². The van der Waals surface area contributed by atoms with E-state index >= 15 is 0 Å². The number of carbonyl (C=O) groups excluding carboxylic acids is 1. The maximum atomic E-state index is 11.0. The first-order valence-electron chi connectivity index (χ1n) is 4.46. The number of hydrogen-bond donors (Lipinski definition) is 2. The Morgan fingerprint density at radius 3 is 2.59 bits per heavy atom. The molecule has 0 spiro atoms. The zero-order chi connectivity index (χ0) is 12.3. The van der Waals surface area contributed by atoms with Crippen molar-refractivity contribution in [1.29, 1.82) is 0 Å². The Bertz CT molecular complexity index is 389. The molecular formula is C10H12Cl3NO3. The number of esters is 1. The highest BCUT2D eigenvalue weighted by atomic mass is 35.5. The van der Waals surface area contributed by atoms with E-state index in [4.69, 9.17) is 28.9 Å². The summed E-state index contributed by atoms with van der Waals surface area (Å²) >= 11 is 11.6. The molecule has 3 N–H and O–H groups in total. The number of hydrogen-bond acceptors (Lipinski definition) is 4. The van der Waals surface area contributed by atoms with Crippen LogP contribution in [0.5, 0.6) is 5.75 Å². The van der Waals surface area contributed by atoms with Crippen molar-refractivity contribution < 1.29 is 14.6 Å². The predicted molar refractivity (Wildman–Crippen MR) is 68.9 cm³/mol. The minimum absolute atomic E-state index is 0. The van der Waals surface area contributed by atoms with Crippen LogP contribution in [0.3, 0.4) is 0 Å². The van der Waals surface area contributed by atoms with Gasteiger partial charge in [-0.3, -0.25) is 4.79 Å². The topological polar surface area (TPSA) is 72.5 Å². The van der Waals surface area contributed by atoms with E-state index in [-0.39, 0.29) is 35.2 Å². The van der Waals surface area contributed by atoms with E-state index in [2.05, 4.69) is 4.74 Å². The number of ether oxygens (including phenoxy) is 1. The van der Waals surface area contributed by atoms with Crippen LogP contribution < -0.4 is 5.73 Å². The molecular weight excluding hydrogens is 288 g/mol. The van der Waals surface area contributed by atoms with Crippen LogP contribution in [-0.2, 0) is 9.53 Å². The van der Waals surface area contributed by atoms with Crippen molar-refractivity contribution in [2.24, 2.45) is 5.73 Å². The second-order valence-corrected chi connectivity index (χ2v) is 4.05. The first-order chi connectivity index (χ1) is 7.45. The van der Waals surface area contributed by atoms with Gasteiger partial charge in [0.15, 0.2) is 0 Å². The summed E-state index contributed by atoms with van der Waals surface area (Å²) < 4.78 is 4.48. The van der Waals surface area contributed by atoms with Crippen molar-refractivity contribution in [3.05, 3.63) is 27.7 Å². The number of carbonyl (C=O) groups is 1. The molecule has 0 amide bonds. The largest absolute Gasteiger partial charge is 0.508 e. The number of phenols is 1. The van der Waals surface area contributed by atoms with Crippen LogP contribution in [0.15, 0.2) is 12.1 Å². The molecule has 0 saturated carbocycles. The Morgan fingerprint density at radius 1 is 1.53 bits per heavy atom. The maximum absolute atomic E-state index is 11.0. The second-order valence-electron chi connectivity index (χ2n) is 3.21. The lowest BCUT2D eigenvalue weighted by molar-refractivity contribution is -0.141. The standard InChI is InChI=1S/C10H11Cl2NO3.ClH/c1-16-9(15)4-7(13)10-6(12)2-5(11)3-8(10)14;/h2-3,7,14H,4,13H2,1H3;1H/t7-;/m1./s1. The summed E-state index contributed by atoms with van der Waals surface area (Å²) in [5.74, 6) is -0.605. The lowest BCUT2D eigenvalue weighted by atomic mass is 10.0. The third-order valence-corrected chi connectivity index (χ3v) is 2.59. The van der Waals surface area contributed by atoms with Gasteiger partial charge in [-0.1, -0.05) is 23.2 Å². The highest BCUT2D eigenvalue weighted by Crippen LogP contribution is 2.34. The average molecular weight is 301 g/mol. The van der Waals surface area contributed by atoms with E-state index in [0.717, 1.165) is 0 Å². The van der Waals surface area contributed by atoms with E-state index in [0.29, 0.717) is 5.02 Å². The third kappa shape index (κ3) is 4.24. The average Bonchev–Trinajstić information content (AvgIpc) is 2.15. The summed E-state index contributed by atoms with van der Waals surface area (Å²) in [4.78, 5) is 11.0. The first kappa shape index (κ1) is 16.3. The summed E-state index contributed by atoms with van der Waals surface area (Å²) in [6.45, 7) is 0. The van der Waals surface area contributed by atoms with Gasteiger partial charge in [0.25, 0.3) is 0 Å². The van der Waals surface area contributed by atoms with Gasteiger partial charge in [-0.15, -0.1) is 12.4 Å². The molecule has 0 aliphatic carbocycles. The minimum atomic E-state index is -0.725. The van der Waals surface area contributed by atoms with Crippen LogP contribution in [0.25, 0.3) is 0 Å². The molecule has 96 valence electrons. The number of methoxy groups -OCH3 is 1. The fraction of sp³-hybridized carbons (Fsp3) is 0.300. The fourth-order valence-electron chi connectivity index (χ4n) is 1.30. The molecule has 0 radical (unpaired) electrons. The number of nitrogens with two attached hydrogens (primary N) is 1. The highest BCUT2D eigenvalue weighted by Gasteiger charge is 2.19. The third-order valence-electron chi connectivity index (χ3n) is 2.06. The molecule has 0 aliphatic heterocycles. The first-order valence-corrected chi connectivity index (χ1v) is 5.21. The monoisotopic (exact) mass is 299 g/mol. The van der Waals surface area contributed by atoms with Crippen LogP contribution >= 0.6 is 35.6 Å².